The Kier molecular flexibility index (Phi) is 6.95. The molecule has 2 amide bonds. The van der Waals surface area contributed by atoms with Crippen molar-refractivity contribution < 1.29 is 22.8 Å². The zero-order valence-corrected chi connectivity index (χ0v) is 17.3. The lowest BCUT2D eigenvalue weighted by Crippen LogP contribution is -2.14. The van der Waals surface area contributed by atoms with Crippen LogP contribution in [-0.2, 0) is 11.0 Å². The molecule has 1 heterocycles. The second-order valence-corrected chi connectivity index (χ2v) is 8.33. The summed E-state index contributed by atoms with van der Waals surface area (Å²) in [5.74, 6) is -0.890. The number of rotatable bonds is 6. The molecule has 30 heavy (non-hydrogen) atoms. The van der Waals surface area contributed by atoms with Gasteiger partial charge in [0.25, 0.3) is 5.91 Å². The van der Waals surface area contributed by atoms with Gasteiger partial charge in [0.2, 0.25) is 11.0 Å². The molecule has 0 atom stereocenters. The average molecular weight is 473 g/mol. The van der Waals surface area contributed by atoms with Crippen LogP contribution in [0.2, 0.25) is 5.02 Å². The number of thioether (sulfide) groups is 1. The normalized spacial score (nSPS) is 11.2. The number of halogens is 4. The van der Waals surface area contributed by atoms with E-state index in [0.717, 1.165) is 35.2 Å². The first-order valence-corrected chi connectivity index (χ1v) is 10.4. The van der Waals surface area contributed by atoms with Crippen molar-refractivity contribution in [3.8, 4) is 0 Å². The highest BCUT2D eigenvalue weighted by atomic mass is 35.5. The predicted molar refractivity (Wildman–Crippen MR) is 110 cm³/mol. The molecule has 2 N–H and O–H groups in total. The van der Waals surface area contributed by atoms with Crippen LogP contribution in [0, 0.1) is 0 Å². The van der Waals surface area contributed by atoms with Crippen LogP contribution in [0.1, 0.15) is 15.9 Å². The largest absolute Gasteiger partial charge is 0.416 e. The maximum atomic E-state index is 12.6. The lowest BCUT2D eigenvalue weighted by atomic mass is 10.2. The molecule has 0 aliphatic heterocycles. The Morgan fingerprint density at radius 1 is 1.03 bits per heavy atom. The van der Waals surface area contributed by atoms with Crippen LogP contribution < -0.4 is 10.6 Å². The summed E-state index contributed by atoms with van der Waals surface area (Å²) in [6, 6.07) is 10.7. The van der Waals surface area contributed by atoms with Gasteiger partial charge in [-0.05, 0) is 36.4 Å². The Bertz CT molecular complexity index is 1060. The smallest absolute Gasteiger partial charge is 0.325 e. The van der Waals surface area contributed by atoms with Gasteiger partial charge in [0, 0.05) is 5.69 Å². The molecule has 0 unspecified atom stereocenters. The van der Waals surface area contributed by atoms with Crippen LogP contribution in [0.3, 0.4) is 0 Å². The summed E-state index contributed by atoms with van der Waals surface area (Å²) < 4.78 is 38.1. The van der Waals surface area contributed by atoms with Gasteiger partial charge in [-0.3, -0.25) is 14.9 Å². The zero-order valence-electron chi connectivity index (χ0n) is 14.9. The van der Waals surface area contributed by atoms with Crippen LogP contribution in [0.5, 0.6) is 0 Å². The van der Waals surface area contributed by atoms with Gasteiger partial charge in [0.15, 0.2) is 4.34 Å². The Labute approximate surface area is 181 Å². The Hall–Kier alpha value is -2.63. The molecule has 3 rings (SSSR count). The molecule has 1 aromatic heterocycles. The Balaban J connectivity index is 1.51. The fourth-order valence-corrected chi connectivity index (χ4v) is 3.96. The van der Waals surface area contributed by atoms with Crippen molar-refractivity contribution in [2.45, 2.75) is 10.5 Å². The highest BCUT2D eigenvalue weighted by Crippen LogP contribution is 2.30. The first-order chi connectivity index (χ1) is 14.2. The fourth-order valence-electron chi connectivity index (χ4n) is 2.20. The third-order valence-corrected chi connectivity index (χ3v) is 5.87. The van der Waals surface area contributed by atoms with Crippen LogP contribution >= 0.6 is 34.7 Å². The van der Waals surface area contributed by atoms with Crippen molar-refractivity contribution in [3.63, 3.8) is 0 Å². The summed E-state index contributed by atoms with van der Waals surface area (Å²) in [6.45, 7) is 0. The Morgan fingerprint density at radius 3 is 2.40 bits per heavy atom. The molecule has 12 heteroatoms. The molecule has 2 aromatic carbocycles. The second-order valence-electron chi connectivity index (χ2n) is 5.72. The van der Waals surface area contributed by atoms with E-state index in [9.17, 15) is 22.8 Å². The molecule has 156 valence electrons. The number of amides is 2. The number of hydrogen-bond acceptors (Lipinski definition) is 6. The molecule has 3 aromatic rings. The molecule has 0 bridgehead atoms. The zero-order chi connectivity index (χ0) is 21.7. The van der Waals surface area contributed by atoms with Gasteiger partial charge in [-0.1, -0.05) is 46.8 Å². The van der Waals surface area contributed by atoms with Crippen molar-refractivity contribution in [2.24, 2.45) is 0 Å². The van der Waals surface area contributed by atoms with E-state index in [1.165, 1.54) is 12.1 Å². The quantitative estimate of drug-likeness (QED) is 0.381. The van der Waals surface area contributed by atoms with Gasteiger partial charge < -0.3 is 5.32 Å². The highest BCUT2D eigenvalue weighted by molar-refractivity contribution is 8.01. The third kappa shape index (κ3) is 5.94. The van der Waals surface area contributed by atoms with E-state index in [1.54, 1.807) is 24.3 Å². The third-order valence-electron chi connectivity index (χ3n) is 3.57. The van der Waals surface area contributed by atoms with Crippen molar-refractivity contribution >= 4 is 57.3 Å². The lowest BCUT2D eigenvalue weighted by Gasteiger charge is -2.08. The number of benzene rings is 2. The molecular weight excluding hydrogens is 461 g/mol. The van der Waals surface area contributed by atoms with E-state index < -0.39 is 23.6 Å². The summed E-state index contributed by atoms with van der Waals surface area (Å²) in [5, 5.41) is 13.3. The number of alkyl halides is 3. The van der Waals surface area contributed by atoms with Crippen molar-refractivity contribution in [3.05, 3.63) is 64.7 Å². The van der Waals surface area contributed by atoms with E-state index in [-0.39, 0.29) is 16.6 Å². The summed E-state index contributed by atoms with van der Waals surface area (Å²) in [4.78, 5) is 24.2. The molecule has 0 radical (unpaired) electrons. The maximum absolute atomic E-state index is 12.6. The standard InChI is InChI=1S/C18H12ClF3N4O2S2/c19-13-4-2-1-3-12(13)15(28)24-16-25-26-17(30-16)29-9-14(27)23-11-7-5-10(6-8-11)18(20,21)22/h1-8H,9H2,(H,23,27)(H,24,25,28). The molecule has 0 saturated carbocycles. The van der Waals surface area contributed by atoms with Gasteiger partial charge in [0.05, 0.1) is 21.9 Å². The number of nitrogens with zero attached hydrogens (tertiary/aromatic N) is 2. The van der Waals surface area contributed by atoms with E-state index in [1.807, 2.05) is 0 Å². The van der Waals surface area contributed by atoms with Crippen molar-refractivity contribution in [1.82, 2.24) is 10.2 Å². The van der Waals surface area contributed by atoms with Gasteiger partial charge in [-0.25, -0.2) is 0 Å². The lowest BCUT2D eigenvalue weighted by molar-refractivity contribution is -0.137. The molecule has 0 spiro atoms. The average Bonchev–Trinajstić information content (AvgIpc) is 3.14. The molecule has 0 aliphatic carbocycles. The Morgan fingerprint density at radius 2 is 1.73 bits per heavy atom. The van der Waals surface area contributed by atoms with Crippen LogP contribution in [-0.4, -0.2) is 27.8 Å². The van der Waals surface area contributed by atoms with Crippen LogP contribution in [0.15, 0.2) is 52.9 Å². The number of aromatic nitrogens is 2. The van der Waals surface area contributed by atoms with Crippen molar-refractivity contribution in [2.75, 3.05) is 16.4 Å². The van der Waals surface area contributed by atoms with E-state index in [2.05, 4.69) is 20.8 Å². The predicted octanol–water partition coefficient (Wildman–Crippen LogP) is 5.19. The summed E-state index contributed by atoms with van der Waals surface area (Å²) in [6.07, 6.45) is -4.44. The summed E-state index contributed by atoms with van der Waals surface area (Å²) >= 11 is 8.13. The molecule has 0 fully saturated rings. The summed E-state index contributed by atoms with van der Waals surface area (Å²) in [7, 11) is 0. The topological polar surface area (TPSA) is 84.0 Å². The van der Waals surface area contributed by atoms with E-state index >= 15 is 0 Å². The minimum absolute atomic E-state index is 0.0336. The van der Waals surface area contributed by atoms with Crippen molar-refractivity contribution in [1.29, 1.82) is 0 Å². The molecule has 0 aliphatic rings. The first-order valence-electron chi connectivity index (χ1n) is 8.21. The van der Waals surface area contributed by atoms with Crippen LogP contribution in [0.25, 0.3) is 0 Å². The highest BCUT2D eigenvalue weighted by Gasteiger charge is 2.30. The minimum atomic E-state index is -4.44. The van der Waals surface area contributed by atoms with Gasteiger partial charge in [-0.15, -0.1) is 10.2 Å². The van der Waals surface area contributed by atoms with Crippen LogP contribution in [0.4, 0.5) is 24.0 Å². The van der Waals surface area contributed by atoms with Gasteiger partial charge in [-0.2, -0.15) is 13.2 Å². The fraction of sp³-hybridized carbons (Fsp3) is 0.111. The SMILES string of the molecule is O=C(CSc1nnc(NC(=O)c2ccccc2Cl)s1)Nc1ccc(C(F)(F)F)cc1. The van der Waals surface area contributed by atoms with Gasteiger partial charge in [0.1, 0.15) is 0 Å². The number of anilines is 2. The molecule has 0 saturated heterocycles. The second kappa shape index (κ2) is 9.45. The monoisotopic (exact) mass is 472 g/mol. The number of carbonyl (C=O) groups is 2. The first kappa shape index (κ1) is 22.1. The minimum Gasteiger partial charge on any atom is -0.325 e. The number of nitrogens with one attached hydrogen (secondary N) is 2. The van der Waals surface area contributed by atoms with Gasteiger partial charge >= 0.3 is 6.18 Å². The van der Waals surface area contributed by atoms with E-state index in [0.29, 0.717) is 14.9 Å². The number of hydrogen-bond donors (Lipinski definition) is 2. The molecule has 6 nitrogen and oxygen atoms in total. The molecular formula is C18H12ClF3N4O2S2. The maximum Gasteiger partial charge on any atom is 0.416 e. The number of carbonyl (C=O) groups excluding carboxylic acids is 2. The van der Waals surface area contributed by atoms with E-state index in [4.69, 9.17) is 11.6 Å². The summed E-state index contributed by atoms with van der Waals surface area (Å²) in [5.41, 5.74) is -0.256.